The van der Waals surface area contributed by atoms with Crippen molar-refractivity contribution in [2.75, 3.05) is 23.3 Å². The highest BCUT2D eigenvalue weighted by Crippen LogP contribution is 2.38. The lowest BCUT2D eigenvalue weighted by atomic mass is 9.94. The fourth-order valence-electron chi connectivity index (χ4n) is 4.10. The number of alkyl halides is 3. The zero-order valence-corrected chi connectivity index (χ0v) is 17.5. The molecular formula is C22H24F3N3O3. The summed E-state index contributed by atoms with van der Waals surface area (Å²) in [7, 11) is 0. The van der Waals surface area contributed by atoms with Gasteiger partial charge in [-0.25, -0.2) is 0 Å². The number of nitrogens with one attached hydrogen (secondary N) is 1. The number of nitro benzene ring substituents is 1. The van der Waals surface area contributed by atoms with Crippen LogP contribution in [0.15, 0.2) is 30.3 Å². The van der Waals surface area contributed by atoms with Crippen molar-refractivity contribution in [1.82, 2.24) is 0 Å². The molecule has 1 fully saturated rings. The molecule has 0 spiro atoms. The molecule has 31 heavy (non-hydrogen) atoms. The number of hydrogen-bond acceptors (Lipinski definition) is 4. The Hall–Kier alpha value is -3.10. The third-order valence-electron chi connectivity index (χ3n) is 5.63. The van der Waals surface area contributed by atoms with Crippen LogP contribution in [0.25, 0.3) is 0 Å². The summed E-state index contributed by atoms with van der Waals surface area (Å²) in [6.45, 7) is 6.54. The van der Waals surface area contributed by atoms with Gasteiger partial charge in [0.2, 0.25) is 5.91 Å². The van der Waals surface area contributed by atoms with Crippen LogP contribution in [0.1, 0.15) is 35.1 Å². The molecule has 0 saturated carbocycles. The van der Waals surface area contributed by atoms with Gasteiger partial charge in [0, 0.05) is 30.8 Å². The predicted molar refractivity (Wildman–Crippen MR) is 112 cm³/mol. The molecule has 0 bridgehead atoms. The summed E-state index contributed by atoms with van der Waals surface area (Å²) in [6.07, 6.45) is -3.75. The van der Waals surface area contributed by atoms with Crippen LogP contribution in [0.2, 0.25) is 0 Å². The second-order valence-electron chi connectivity index (χ2n) is 7.98. The molecule has 0 unspecified atom stereocenters. The van der Waals surface area contributed by atoms with E-state index in [1.54, 1.807) is 4.90 Å². The van der Waals surface area contributed by atoms with E-state index in [0.29, 0.717) is 32.0 Å². The highest BCUT2D eigenvalue weighted by Gasteiger charge is 2.35. The monoisotopic (exact) mass is 435 g/mol. The Balaban J connectivity index is 1.71. The molecule has 1 aliphatic rings. The normalized spacial score (nSPS) is 15.1. The number of nitro groups is 1. The number of benzene rings is 2. The number of hydrogen-bond donors (Lipinski definition) is 1. The predicted octanol–water partition coefficient (Wildman–Crippen LogP) is 5.39. The molecule has 2 aromatic rings. The first-order chi connectivity index (χ1) is 14.5. The van der Waals surface area contributed by atoms with E-state index in [9.17, 15) is 28.1 Å². The molecular weight excluding hydrogens is 411 g/mol. The largest absolute Gasteiger partial charge is 0.416 e. The minimum Gasteiger partial charge on any atom is -0.366 e. The second kappa shape index (κ2) is 8.56. The highest BCUT2D eigenvalue weighted by molar-refractivity contribution is 5.94. The van der Waals surface area contributed by atoms with Crippen LogP contribution in [0.4, 0.5) is 30.2 Å². The summed E-state index contributed by atoms with van der Waals surface area (Å²) < 4.78 is 38.8. The van der Waals surface area contributed by atoms with Crippen molar-refractivity contribution in [3.8, 4) is 0 Å². The average molecular weight is 435 g/mol. The SMILES string of the molecule is Cc1cc(C)c(NC(=O)C2CCN(c3ccc(C(F)(F)F)cc3[N+](=O)[O-])CC2)c(C)c1. The summed E-state index contributed by atoms with van der Waals surface area (Å²) >= 11 is 0. The van der Waals surface area contributed by atoms with Gasteiger partial charge in [0.25, 0.3) is 5.69 Å². The molecule has 1 aliphatic heterocycles. The molecule has 1 N–H and O–H groups in total. The van der Waals surface area contributed by atoms with Crippen molar-refractivity contribution < 1.29 is 22.9 Å². The van der Waals surface area contributed by atoms with Crippen LogP contribution < -0.4 is 10.2 Å². The maximum Gasteiger partial charge on any atom is 0.416 e. The quantitative estimate of drug-likeness (QED) is 0.516. The first-order valence-corrected chi connectivity index (χ1v) is 9.96. The number of piperidine rings is 1. The van der Waals surface area contributed by atoms with Crippen molar-refractivity contribution in [3.05, 3.63) is 62.7 Å². The van der Waals surface area contributed by atoms with E-state index < -0.39 is 22.4 Å². The Morgan fingerprint density at radius 2 is 1.68 bits per heavy atom. The molecule has 6 nitrogen and oxygen atoms in total. The Morgan fingerprint density at radius 1 is 1.10 bits per heavy atom. The van der Waals surface area contributed by atoms with Crippen molar-refractivity contribution in [2.24, 2.45) is 5.92 Å². The van der Waals surface area contributed by atoms with Crippen LogP contribution in [-0.2, 0) is 11.0 Å². The van der Waals surface area contributed by atoms with Crippen molar-refractivity contribution in [1.29, 1.82) is 0 Å². The molecule has 9 heteroatoms. The molecule has 0 radical (unpaired) electrons. The fourth-order valence-corrected chi connectivity index (χ4v) is 4.10. The molecule has 0 aromatic heterocycles. The molecule has 1 heterocycles. The highest BCUT2D eigenvalue weighted by atomic mass is 19.4. The van der Waals surface area contributed by atoms with Gasteiger partial charge < -0.3 is 10.2 Å². The van der Waals surface area contributed by atoms with E-state index in [2.05, 4.69) is 5.32 Å². The minimum absolute atomic E-state index is 0.114. The zero-order valence-electron chi connectivity index (χ0n) is 17.5. The average Bonchev–Trinajstić information content (AvgIpc) is 2.69. The van der Waals surface area contributed by atoms with Crippen LogP contribution in [0, 0.1) is 36.8 Å². The van der Waals surface area contributed by atoms with Gasteiger partial charge in [0.1, 0.15) is 5.69 Å². The lowest BCUT2D eigenvalue weighted by molar-refractivity contribution is -0.384. The van der Waals surface area contributed by atoms with Crippen molar-refractivity contribution >= 4 is 23.0 Å². The minimum atomic E-state index is -4.65. The van der Waals surface area contributed by atoms with Gasteiger partial charge >= 0.3 is 6.18 Å². The summed E-state index contributed by atoms with van der Waals surface area (Å²) in [5, 5.41) is 14.3. The Bertz CT molecular complexity index is 990. The fraction of sp³-hybridized carbons (Fsp3) is 0.409. The van der Waals surface area contributed by atoms with Gasteiger partial charge in [0.05, 0.1) is 10.5 Å². The first-order valence-electron chi connectivity index (χ1n) is 9.96. The number of carbonyl (C=O) groups is 1. The van der Waals surface area contributed by atoms with Gasteiger partial charge in [-0.3, -0.25) is 14.9 Å². The van der Waals surface area contributed by atoms with Crippen LogP contribution >= 0.6 is 0 Å². The van der Waals surface area contributed by atoms with Crippen LogP contribution in [0.3, 0.4) is 0 Å². The topological polar surface area (TPSA) is 75.5 Å². The van der Waals surface area contributed by atoms with E-state index >= 15 is 0 Å². The first kappa shape index (κ1) is 22.6. The Kier molecular flexibility index (Phi) is 6.24. The number of halogens is 3. The second-order valence-corrected chi connectivity index (χ2v) is 7.98. The van der Waals surface area contributed by atoms with E-state index in [1.165, 1.54) is 0 Å². The summed E-state index contributed by atoms with van der Waals surface area (Å²) in [6, 6.07) is 6.55. The molecule has 2 aromatic carbocycles. The smallest absolute Gasteiger partial charge is 0.366 e. The molecule has 0 atom stereocenters. The number of amides is 1. The van der Waals surface area contributed by atoms with E-state index in [4.69, 9.17) is 0 Å². The lowest BCUT2D eigenvalue weighted by Gasteiger charge is -2.33. The van der Waals surface area contributed by atoms with Crippen LogP contribution in [-0.4, -0.2) is 23.9 Å². The Labute approximate surface area is 178 Å². The summed E-state index contributed by atoms with van der Waals surface area (Å²) in [5.74, 6) is -0.388. The third kappa shape index (κ3) is 4.98. The molecule has 3 rings (SSSR count). The molecule has 1 amide bonds. The van der Waals surface area contributed by atoms with Gasteiger partial charge in [-0.1, -0.05) is 17.7 Å². The summed E-state index contributed by atoms with van der Waals surface area (Å²) in [4.78, 5) is 25.0. The number of carbonyl (C=O) groups excluding carboxylic acids is 1. The van der Waals surface area contributed by atoms with Crippen LogP contribution in [0.5, 0.6) is 0 Å². The lowest BCUT2D eigenvalue weighted by Crippen LogP contribution is -2.38. The number of anilines is 2. The van der Waals surface area contributed by atoms with E-state index in [1.807, 2.05) is 32.9 Å². The number of rotatable bonds is 4. The van der Waals surface area contributed by atoms with Gasteiger partial charge in [-0.15, -0.1) is 0 Å². The Morgan fingerprint density at radius 3 is 2.19 bits per heavy atom. The van der Waals surface area contributed by atoms with E-state index in [0.717, 1.165) is 34.5 Å². The van der Waals surface area contributed by atoms with Crippen molar-refractivity contribution in [3.63, 3.8) is 0 Å². The number of nitrogens with zero attached hydrogens (tertiary/aromatic N) is 2. The van der Waals surface area contributed by atoms with Gasteiger partial charge in [-0.05, 0) is 56.9 Å². The van der Waals surface area contributed by atoms with E-state index in [-0.39, 0.29) is 17.5 Å². The standard InChI is InChI=1S/C22H24F3N3O3/c1-13-10-14(2)20(15(3)11-13)26-21(29)16-6-8-27(9-7-16)18-5-4-17(22(23,24)25)12-19(18)28(30)31/h4-5,10-12,16H,6-9H2,1-3H3,(H,26,29). The third-order valence-corrected chi connectivity index (χ3v) is 5.63. The number of aryl methyl sites for hydroxylation is 3. The molecule has 0 aliphatic carbocycles. The summed E-state index contributed by atoms with van der Waals surface area (Å²) in [5.41, 5.74) is 2.36. The molecule has 1 saturated heterocycles. The van der Waals surface area contributed by atoms with Crippen molar-refractivity contribution in [2.45, 2.75) is 39.8 Å². The molecule has 166 valence electrons. The maximum atomic E-state index is 12.9. The maximum absolute atomic E-state index is 12.9. The zero-order chi connectivity index (χ0) is 22.9. The van der Waals surface area contributed by atoms with Gasteiger partial charge in [0.15, 0.2) is 0 Å². The van der Waals surface area contributed by atoms with Gasteiger partial charge in [-0.2, -0.15) is 13.2 Å².